The molecule has 1 rings (SSSR count). The fourth-order valence-electron chi connectivity index (χ4n) is 1.12. The molecule has 0 amide bonds. The molecule has 0 aliphatic carbocycles. The predicted octanol–water partition coefficient (Wildman–Crippen LogP) is 2.91. The van der Waals surface area contributed by atoms with E-state index >= 15 is 0 Å². The molecule has 0 atom stereocenters. The Balaban J connectivity index is 3.16. The number of hydrogen-bond acceptors (Lipinski definition) is 6. The summed E-state index contributed by atoms with van der Waals surface area (Å²) in [5, 5.41) is 0.312. The number of phosphoric acid groups is 1. The van der Waals surface area contributed by atoms with Gasteiger partial charge in [0.2, 0.25) is 0 Å². The summed E-state index contributed by atoms with van der Waals surface area (Å²) in [6.45, 7) is 0. The number of methoxy groups -OCH3 is 1. The number of hydrogen-bond donors (Lipinski definition) is 0. The minimum Gasteiger partial charge on any atom is -0.465 e. The molecule has 0 radical (unpaired) electrons. The SMILES string of the molecule is COC(=O)c1cc(Cl)ccc1OP(=O)(OC)OC. The molecule has 0 aromatic heterocycles. The summed E-state index contributed by atoms with van der Waals surface area (Å²) < 4.78 is 30.7. The van der Waals surface area contributed by atoms with E-state index < -0.39 is 13.8 Å². The van der Waals surface area contributed by atoms with Crippen molar-refractivity contribution in [2.24, 2.45) is 0 Å². The number of benzene rings is 1. The van der Waals surface area contributed by atoms with E-state index in [2.05, 4.69) is 13.8 Å². The zero-order valence-corrected chi connectivity index (χ0v) is 11.7. The van der Waals surface area contributed by atoms with Crippen molar-refractivity contribution in [1.82, 2.24) is 0 Å². The first-order valence-corrected chi connectivity index (χ1v) is 6.58. The van der Waals surface area contributed by atoms with Gasteiger partial charge in [-0.3, -0.25) is 9.05 Å². The Bertz CT molecular complexity index is 481. The van der Waals surface area contributed by atoms with Crippen molar-refractivity contribution in [3.8, 4) is 5.75 Å². The lowest BCUT2D eigenvalue weighted by Crippen LogP contribution is -2.06. The van der Waals surface area contributed by atoms with Gasteiger partial charge in [-0.25, -0.2) is 9.36 Å². The molecule has 1 aromatic rings. The van der Waals surface area contributed by atoms with Gasteiger partial charge in [0.05, 0.1) is 7.11 Å². The minimum absolute atomic E-state index is 0.00159. The summed E-state index contributed by atoms with van der Waals surface area (Å²) in [5.41, 5.74) is 0.0272. The predicted molar refractivity (Wildman–Crippen MR) is 65.0 cm³/mol. The van der Waals surface area contributed by atoms with Crippen molar-refractivity contribution in [1.29, 1.82) is 0 Å². The first-order chi connectivity index (χ1) is 8.45. The van der Waals surface area contributed by atoms with Gasteiger partial charge in [0.25, 0.3) is 0 Å². The number of ether oxygens (including phenoxy) is 1. The second kappa shape index (κ2) is 6.20. The quantitative estimate of drug-likeness (QED) is 0.614. The van der Waals surface area contributed by atoms with E-state index in [1.54, 1.807) is 0 Å². The Morgan fingerprint density at radius 3 is 2.33 bits per heavy atom. The van der Waals surface area contributed by atoms with Crippen LogP contribution in [0.4, 0.5) is 0 Å². The number of rotatable bonds is 5. The number of esters is 1. The highest BCUT2D eigenvalue weighted by Crippen LogP contribution is 2.48. The number of carbonyl (C=O) groups excluding carboxylic acids is 1. The Morgan fingerprint density at radius 2 is 1.83 bits per heavy atom. The first-order valence-electron chi connectivity index (χ1n) is 4.74. The van der Waals surface area contributed by atoms with Gasteiger partial charge >= 0.3 is 13.8 Å². The third kappa shape index (κ3) is 3.46. The topological polar surface area (TPSA) is 71.1 Å². The molecule has 0 saturated carbocycles. The Kier molecular flexibility index (Phi) is 5.16. The van der Waals surface area contributed by atoms with E-state index in [1.807, 2.05) is 0 Å². The number of carbonyl (C=O) groups is 1. The maximum atomic E-state index is 11.8. The van der Waals surface area contributed by atoms with Crippen LogP contribution in [-0.4, -0.2) is 27.3 Å². The van der Waals surface area contributed by atoms with Gasteiger partial charge in [-0.2, -0.15) is 0 Å². The van der Waals surface area contributed by atoms with E-state index in [0.717, 1.165) is 14.2 Å². The van der Waals surface area contributed by atoms with Crippen molar-refractivity contribution in [3.05, 3.63) is 28.8 Å². The van der Waals surface area contributed by atoms with Crippen LogP contribution in [0.5, 0.6) is 5.75 Å². The van der Waals surface area contributed by atoms with Crippen LogP contribution >= 0.6 is 19.4 Å². The molecule has 0 bridgehead atoms. The summed E-state index contributed by atoms with van der Waals surface area (Å²) in [6.07, 6.45) is 0. The van der Waals surface area contributed by atoms with Crippen molar-refractivity contribution in [3.63, 3.8) is 0 Å². The summed E-state index contributed by atoms with van der Waals surface area (Å²) >= 11 is 5.76. The molecule has 1 aromatic carbocycles. The molecule has 0 unspecified atom stereocenters. The monoisotopic (exact) mass is 294 g/mol. The highest BCUT2D eigenvalue weighted by atomic mass is 35.5. The Morgan fingerprint density at radius 1 is 1.22 bits per heavy atom. The second-order valence-electron chi connectivity index (χ2n) is 3.04. The minimum atomic E-state index is -3.75. The lowest BCUT2D eigenvalue weighted by atomic mass is 10.2. The van der Waals surface area contributed by atoms with E-state index in [-0.39, 0.29) is 11.3 Å². The first kappa shape index (κ1) is 15.0. The van der Waals surface area contributed by atoms with Gasteiger partial charge in [-0.05, 0) is 18.2 Å². The molecule has 18 heavy (non-hydrogen) atoms. The van der Waals surface area contributed by atoms with E-state index in [4.69, 9.17) is 16.1 Å². The molecule has 0 fully saturated rings. The number of phosphoric ester groups is 1. The fourth-order valence-corrected chi connectivity index (χ4v) is 1.99. The summed E-state index contributed by atoms with van der Waals surface area (Å²) in [7, 11) is -0.209. The molecule has 100 valence electrons. The van der Waals surface area contributed by atoms with Crippen LogP contribution in [-0.2, 0) is 18.3 Å². The van der Waals surface area contributed by atoms with Crippen LogP contribution in [0.1, 0.15) is 10.4 Å². The Labute approximate surface area is 109 Å². The van der Waals surface area contributed by atoms with Crippen LogP contribution in [0, 0.1) is 0 Å². The van der Waals surface area contributed by atoms with Crippen LogP contribution in [0.3, 0.4) is 0 Å². The zero-order valence-electron chi connectivity index (χ0n) is 10.0. The van der Waals surface area contributed by atoms with Gasteiger partial charge in [-0.15, -0.1) is 0 Å². The third-order valence-corrected chi connectivity index (χ3v) is 3.55. The standard InChI is InChI=1S/C10H12ClO6P/c1-14-10(12)8-6-7(11)4-5-9(8)17-18(13,15-2)16-3/h4-6H,1-3H3. The van der Waals surface area contributed by atoms with Gasteiger partial charge in [-0.1, -0.05) is 11.6 Å². The van der Waals surface area contributed by atoms with Crippen LogP contribution < -0.4 is 4.52 Å². The third-order valence-electron chi connectivity index (χ3n) is 2.00. The average Bonchev–Trinajstić information content (AvgIpc) is 2.39. The molecule has 8 heteroatoms. The number of halogens is 1. The second-order valence-corrected chi connectivity index (χ2v) is 5.28. The molecule has 0 saturated heterocycles. The molecule has 0 heterocycles. The maximum absolute atomic E-state index is 11.8. The van der Waals surface area contributed by atoms with Crippen LogP contribution in [0.2, 0.25) is 5.02 Å². The molecule has 0 aliphatic rings. The van der Waals surface area contributed by atoms with E-state index in [9.17, 15) is 9.36 Å². The molecule has 0 spiro atoms. The summed E-state index contributed by atoms with van der Waals surface area (Å²) in [6, 6.07) is 4.18. The van der Waals surface area contributed by atoms with Crippen molar-refractivity contribution in [2.75, 3.05) is 21.3 Å². The van der Waals surface area contributed by atoms with Crippen molar-refractivity contribution in [2.45, 2.75) is 0 Å². The average molecular weight is 295 g/mol. The lowest BCUT2D eigenvalue weighted by molar-refractivity contribution is 0.0598. The largest absolute Gasteiger partial charge is 0.529 e. The van der Waals surface area contributed by atoms with Crippen molar-refractivity contribution >= 4 is 25.4 Å². The normalized spacial score (nSPS) is 11.1. The van der Waals surface area contributed by atoms with Crippen molar-refractivity contribution < 1.29 is 27.7 Å². The zero-order chi connectivity index (χ0) is 13.8. The van der Waals surface area contributed by atoms with Gasteiger partial charge in [0.1, 0.15) is 11.3 Å². The lowest BCUT2D eigenvalue weighted by Gasteiger charge is -2.16. The van der Waals surface area contributed by atoms with Crippen LogP contribution in [0.25, 0.3) is 0 Å². The van der Waals surface area contributed by atoms with Gasteiger partial charge < -0.3 is 9.26 Å². The molecule has 0 N–H and O–H groups in total. The Hall–Kier alpha value is -1.07. The van der Waals surface area contributed by atoms with E-state index in [0.29, 0.717) is 5.02 Å². The molecule has 6 nitrogen and oxygen atoms in total. The van der Waals surface area contributed by atoms with E-state index in [1.165, 1.54) is 25.3 Å². The summed E-state index contributed by atoms with van der Waals surface area (Å²) in [4.78, 5) is 11.5. The molecular formula is C10H12ClO6P. The molecule has 0 aliphatic heterocycles. The van der Waals surface area contributed by atoms with Gasteiger partial charge in [0, 0.05) is 19.2 Å². The highest BCUT2D eigenvalue weighted by Gasteiger charge is 2.27. The maximum Gasteiger partial charge on any atom is 0.529 e. The van der Waals surface area contributed by atoms with Crippen LogP contribution in [0.15, 0.2) is 18.2 Å². The smallest absolute Gasteiger partial charge is 0.465 e. The fraction of sp³-hybridized carbons (Fsp3) is 0.300. The summed E-state index contributed by atoms with van der Waals surface area (Å²) in [5.74, 6) is -0.676. The van der Waals surface area contributed by atoms with Gasteiger partial charge in [0.15, 0.2) is 0 Å². The highest BCUT2D eigenvalue weighted by molar-refractivity contribution is 7.48. The molecular weight excluding hydrogens is 283 g/mol.